The molecule has 1 aromatic heterocycles. The molecule has 0 spiro atoms. The molecule has 1 aromatic rings. The van der Waals surface area contributed by atoms with Crippen LogP contribution in [0.4, 0.5) is 0 Å². The topological polar surface area (TPSA) is 77.2 Å². The monoisotopic (exact) mass is 268 g/mol. The fourth-order valence-corrected chi connectivity index (χ4v) is 2.48. The number of aliphatic hydroxyl groups is 2. The molecule has 0 radical (unpaired) electrons. The van der Waals surface area contributed by atoms with Crippen molar-refractivity contribution in [2.24, 2.45) is 0 Å². The zero-order valence-electron chi connectivity index (χ0n) is 11.3. The maximum atomic E-state index is 12.2. The number of aliphatic hydroxyl groups excluding tert-OH is 1. The number of furan rings is 1. The largest absolute Gasteiger partial charge is 0.453 e. The number of carbonyl (C=O) groups is 1. The molecule has 0 aliphatic carbocycles. The summed E-state index contributed by atoms with van der Waals surface area (Å²) in [5, 5.41) is 19.3. The van der Waals surface area contributed by atoms with E-state index in [0.29, 0.717) is 31.8 Å². The Morgan fingerprint density at radius 3 is 2.84 bits per heavy atom. The third-order valence-electron chi connectivity index (χ3n) is 3.26. The molecule has 1 atom stereocenters. The number of carbonyl (C=O) groups excluding carboxylic acids is 1. The Morgan fingerprint density at radius 2 is 2.26 bits per heavy atom. The van der Waals surface area contributed by atoms with Crippen LogP contribution in [-0.2, 0) is 6.61 Å². The molecule has 1 fully saturated rings. The van der Waals surface area contributed by atoms with E-state index >= 15 is 0 Å². The SMILES string of the molecule is CN(C)CC1(O)CCN(C(=O)c2ccc(CO)o2)C1. The molecule has 1 saturated heterocycles. The molecule has 1 aliphatic heterocycles. The summed E-state index contributed by atoms with van der Waals surface area (Å²) in [5.74, 6) is 0.332. The first kappa shape index (κ1) is 14.0. The molecule has 2 heterocycles. The highest BCUT2D eigenvalue weighted by atomic mass is 16.4. The number of hydrogen-bond acceptors (Lipinski definition) is 5. The van der Waals surface area contributed by atoms with E-state index in [9.17, 15) is 9.90 Å². The zero-order valence-corrected chi connectivity index (χ0v) is 11.3. The standard InChI is InChI=1S/C13H20N2O4/c1-14(2)8-13(18)5-6-15(9-13)12(17)11-4-3-10(7-16)19-11/h3-4,16,18H,5-9H2,1-2H3. The number of likely N-dealkylation sites (N-methyl/N-ethyl adjacent to an activating group) is 1. The third kappa shape index (κ3) is 3.15. The fraction of sp³-hybridized carbons (Fsp3) is 0.615. The van der Waals surface area contributed by atoms with Crippen molar-refractivity contribution in [1.82, 2.24) is 9.80 Å². The molecule has 6 heteroatoms. The molecule has 1 unspecified atom stereocenters. The minimum atomic E-state index is -0.856. The van der Waals surface area contributed by atoms with E-state index in [2.05, 4.69) is 0 Å². The lowest BCUT2D eigenvalue weighted by atomic mass is 10.0. The predicted molar refractivity (Wildman–Crippen MR) is 68.7 cm³/mol. The summed E-state index contributed by atoms with van der Waals surface area (Å²) in [7, 11) is 3.78. The minimum Gasteiger partial charge on any atom is -0.453 e. The van der Waals surface area contributed by atoms with Gasteiger partial charge in [0.25, 0.3) is 5.91 Å². The molecule has 6 nitrogen and oxygen atoms in total. The highest BCUT2D eigenvalue weighted by molar-refractivity contribution is 5.91. The van der Waals surface area contributed by atoms with Crippen molar-refractivity contribution in [2.75, 3.05) is 33.7 Å². The van der Waals surface area contributed by atoms with E-state index in [4.69, 9.17) is 9.52 Å². The van der Waals surface area contributed by atoms with Crippen LogP contribution in [0.2, 0.25) is 0 Å². The lowest BCUT2D eigenvalue weighted by molar-refractivity contribution is 0.0230. The van der Waals surface area contributed by atoms with Crippen molar-refractivity contribution in [3.8, 4) is 0 Å². The molecule has 2 rings (SSSR count). The van der Waals surface area contributed by atoms with Gasteiger partial charge in [0.05, 0.1) is 12.1 Å². The summed E-state index contributed by atoms with van der Waals surface area (Å²) in [6.07, 6.45) is 0.560. The summed E-state index contributed by atoms with van der Waals surface area (Å²) in [6.45, 7) is 1.12. The predicted octanol–water partition coefficient (Wildman–Crippen LogP) is -0.0895. The summed E-state index contributed by atoms with van der Waals surface area (Å²) >= 11 is 0. The van der Waals surface area contributed by atoms with Crippen LogP contribution in [0.25, 0.3) is 0 Å². The molecular weight excluding hydrogens is 248 g/mol. The first-order valence-electron chi connectivity index (χ1n) is 6.29. The second kappa shape index (κ2) is 5.32. The Labute approximate surface area is 112 Å². The van der Waals surface area contributed by atoms with E-state index in [1.807, 2.05) is 19.0 Å². The van der Waals surface area contributed by atoms with Crippen LogP contribution >= 0.6 is 0 Å². The van der Waals surface area contributed by atoms with Crippen molar-refractivity contribution in [2.45, 2.75) is 18.6 Å². The average molecular weight is 268 g/mol. The molecule has 0 aromatic carbocycles. The number of rotatable bonds is 4. The van der Waals surface area contributed by atoms with E-state index in [1.54, 1.807) is 17.0 Å². The van der Waals surface area contributed by atoms with Gasteiger partial charge in [0.2, 0.25) is 0 Å². The van der Waals surface area contributed by atoms with Crippen LogP contribution in [0, 0.1) is 0 Å². The number of hydrogen-bond donors (Lipinski definition) is 2. The van der Waals surface area contributed by atoms with Gasteiger partial charge in [-0.15, -0.1) is 0 Å². The Bertz CT molecular complexity index is 457. The summed E-state index contributed by atoms with van der Waals surface area (Å²) in [6, 6.07) is 3.13. The molecular formula is C13H20N2O4. The average Bonchev–Trinajstić information content (AvgIpc) is 2.94. The highest BCUT2D eigenvalue weighted by Crippen LogP contribution is 2.24. The zero-order chi connectivity index (χ0) is 14.0. The number of nitrogens with zero attached hydrogens (tertiary/aromatic N) is 2. The van der Waals surface area contributed by atoms with Gasteiger partial charge in [-0.05, 0) is 32.6 Å². The maximum Gasteiger partial charge on any atom is 0.289 e. The molecule has 2 N–H and O–H groups in total. The van der Waals surface area contributed by atoms with Crippen molar-refractivity contribution in [3.63, 3.8) is 0 Å². The normalized spacial score (nSPS) is 23.3. The van der Waals surface area contributed by atoms with Crippen molar-refractivity contribution in [3.05, 3.63) is 23.7 Å². The molecule has 0 saturated carbocycles. The van der Waals surface area contributed by atoms with Crippen LogP contribution in [0.3, 0.4) is 0 Å². The second-order valence-corrected chi connectivity index (χ2v) is 5.36. The van der Waals surface area contributed by atoms with Crippen LogP contribution < -0.4 is 0 Å². The lowest BCUT2D eigenvalue weighted by Crippen LogP contribution is -2.43. The molecule has 0 bridgehead atoms. The molecule has 1 amide bonds. The van der Waals surface area contributed by atoms with Gasteiger partial charge in [0.15, 0.2) is 5.76 Å². The minimum absolute atomic E-state index is 0.207. The first-order chi connectivity index (χ1) is 8.93. The van der Waals surface area contributed by atoms with Gasteiger partial charge in [-0.25, -0.2) is 0 Å². The Balaban J connectivity index is 2.02. The van der Waals surface area contributed by atoms with E-state index in [1.165, 1.54) is 0 Å². The van der Waals surface area contributed by atoms with Gasteiger partial charge in [0.1, 0.15) is 12.4 Å². The van der Waals surface area contributed by atoms with Crippen molar-refractivity contribution < 1.29 is 19.4 Å². The maximum absolute atomic E-state index is 12.2. The molecule has 1 aliphatic rings. The lowest BCUT2D eigenvalue weighted by Gasteiger charge is -2.26. The van der Waals surface area contributed by atoms with Crippen LogP contribution in [0.5, 0.6) is 0 Å². The van der Waals surface area contributed by atoms with Gasteiger partial charge in [-0.2, -0.15) is 0 Å². The van der Waals surface area contributed by atoms with Crippen LogP contribution in [0.15, 0.2) is 16.5 Å². The van der Waals surface area contributed by atoms with E-state index < -0.39 is 5.60 Å². The van der Waals surface area contributed by atoms with E-state index in [0.717, 1.165) is 0 Å². The van der Waals surface area contributed by atoms with Gasteiger partial charge >= 0.3 is 0 Å². The number of β-amino-alcohol motifs (C(OH)–C–C–N with tert-alkyl or cyclic N) is 1. The van der Waals surface area contributed by atoms with E-state index in [-0.39, 0.29) is 18.3 Å². The second-order valence-electron chi connectivity index (χ2n) is 5.36. The van der Waals surface area contributed by atoms with Gasteiger partial charge < -0.3 is 24.4 Å². The van der Waals surface area contributed by atoms with Crippen molar-refractivity contribution >= 4 is 5.91 Å². The summed E-state index contributed by atoms with van der Waals surface area (Å²) in [4.78, 5) is 15.7. The molecule has 19 heavy (non-hydrogen) atoms. The summed E-state index contributed by atoms with van der Waals surface area (Å²) < 4.78 is 5.22. The third-order valence-corrected chi connectivity index (χ3v) is 3.26. The van der Waals surface area contributed by atoms with Crippen molar-refractivity contribution in [1.29, 1.82) is 0 Å². The Morgan fingerprint density at radius 1 is 1.53 bits per heavy atom. The first-order valence-corrected chi connectivity index (χ1v) is 6.29. The highest BCUT2D eigenvalue weighted by Gasteiger charge is 2.39. The van der Waals surface area contributed by atoms with Gasteiger partial charge in [-0.1, -0.05) is 0 Å². The number of likely N-dealkylation sites (tertiary alicyclic amines) is 1. The summed E-state index contributed by atoms with van der Waals surface area (Å²) in [5.41, 5.74) is -0.856. The van der Waals surface area contributed by atoms with Crippen LogP contribution in [-0.4, -0.2) is 65.3 Å². The number of amides is 1. The Hall–Kier alpha value is -1.37. The fourth-order valence-electron chi connectivity index (χ4n) is 2.48. The Kier molecular flexibility index (Phi) is 3.93. The molecule has 106 valence electrons. The smallest absolute Gasteiger partial charge is 0.289 e. The van der Waals surface area contributed by atoms with Crippen LogP contribution in [0.1, 0.15) is 22.7 Å². The van der Waals surface area contributed by atoms with Gasteiger partial charge in [0, 0.05) is 13.1 Å². The quantitative estimate of drug-likeness (QED) is 0.798. The van der Waals surface area contributed by atoms with Gasteiger partial charge in [-0.3, -0.25) is 4.79 Å².